The highest BCUT2D eigenvalue weighted by Gasteiger charge is 2.34. The topological polar surface area (TPSA) is 67.6 Å². The summed E-state index contributed by atoms with van der Waals surface area (Å²) in [7, 11) is 0. The van der Waals surface area contributed by atoms with Crippen LogP contribution in [0.2, 0.25) is 0 Å². The van der Waals surface area contributed by atoms with Gasteiger partial charge in [0.1, 0.15) is 4.53 Å². The molecule has 0 saturated heterocycles. The van der Waals surface area contributed by atoms with Gasteiger partial charge in [-0.15, -0.1) is 11.7 Å². The second-order valence-corrected chi connectivity index (χ2v) is 10.8. The number of hydrogen-bond donors (Lipinski definition) is 0. The van der Waals surface area contributed by atoms with Crippen LogP contribution in [0, 0.1) is 0 Å². The first kappa shape index (κ1) is 21.7. The Labute approximate surface area is 203 Å². The number of carbonyl (C=O) groups excluding carboxylic acids is 1. The van der Waals surface area contributed by atoms with Gasteiger partial charge in [0.15, 0.2) is 5.82 Å². The van der Waals surface area contributed by atoms with Crippen molar-refractivity contribution in [1.82, 2.24) is 14.6 Å². The number of benzene rings is 2. The maximum absolute atomic E-state index is 13.3. The molecule has 4 aromatic rings. The number of anilines is 1. The maximum atomic E-state index is 13.3. The Kier molecular flexibility index (Phi) is 5.10. The van der Waals surface area contributed by atoms with Crippen LogP contribution in [-0.2, 0) is 10.2 Å². The number of amides is 1. The van der Waals surface area contributed by atoms with E-state index in [1.165, 1.54) is 21.4 Å². The van der Waals surface area contributed by atoms with Crippen LogP contribution < -0.4 is 15.0 Å². The highest BCUT2D eigenvalue weighted by molar-refractivity contribution is 9.10. The Balaban J connectivity index is 1.65. The zero-order valence-electron chi connectivity index (χ0n) is 18.4. The third-order valence-corrected chi connectivity index (χ3v) is 7.21. The minimum atomic E-state index is -0.338. The summed E-state index contributed by atoms with van der Waals surface area (Å²) >= 11 is 4.66. The number of nitrogens with zero attached hydrogens (tertiary/aromatic N) is 4. The number of aromatic nitrogens is 3. The zero-order valence-corrected chi connectivity index (χ0v) is 20.8. The van der Waals surface area contributed by atoms with E-state index in [9.17, 15) is 9.59 Å². The van der Waals surface area contributed by atoms with Gasteiger partial charge in [0.25, 0.3) is 11.5 Å². The summed E-state index contributed by atoms with van der Waals surface area (Å²) in [6, 6.07) is 13.7. The molecule has 2 aromatic heterocycles. The van der Waals surface area contributed by atoms with Gasteiger partial charge in [-0.1, -0.05) is 78.4 Å². The van der Waals surface area contributed by atoms with Crippen LogP contribution in [0.4, 0.5) is 5.69 Å². The molecular formula is C25H21BrN4O2S. The molecule has 0 spiro atoms. The molecule has 6 nitrogen and oxygen atoms in total. The molecule has 5 rings (SSSR count). The molecule has 2 aromatic carbocycles. The molecule has 1 amide bonds. The number of carbonyl (C=O) groups is 1. The van der Waals surface area contributed by atoms with E-state index in [0.717, 1.165) is 21.3 Å². The van der Waals surface area contributed by atoms with Gasteiger partial charge in [-0.05, 0) is 29.2 Å². The fourth-order valence-electron chi connectivity index (χ4n) is 3.96. The maximum Gasteiger partial charge on any atom is 0.291 e. The van der Waals surface area contributed by atoms with Gasteiger partial charge < -0.3 is 4.90 Å². The fourth-order valence-corrected chi connectivity index (χ4v) is 5.32. The van der Waals surface area contributed by atoms with Gasteiger partial charge in [-0.2, -0.15) is 9.50 Å². The van der Waals surface area contributed by atoms with Crippen LogP contribution in [0.25, 0.3) is 21.9 Å². The van der Waals surface area contributed by atoms with Crippen molar-refractivity contribution in [2.24, 2.45) is 0 Å². The largest absolute Gasteiger partial charge is 0.304 e. The summed E-state index contributed by atoms with van der Waals surface area (Å²) in [5.74, 6) is 0.270. The summed E-state index contributed by atoms with van der Waals surface area (Å²) in [4.78, 5) is 33.2. The van der Waals surface area contributed by atoms with Gasteiger partial charge in [-0.3, -0.25) is 9.59 Å². The van der Waals surface area contributed by atoms with Crippen molar-refractivity contribution >= 4 is 49.4 Å². The average Bonchev–Trinajstić information content (AvgIpc) is 3.39. The number of halogens is 1. The van der Waals surface area contributed by atoms with Gasteiger partial charge >= 0.3 is 0 Å². The number of rotatable bonds is 3. The minimum absolute atomic E-state index is 0.0490. The molecular weight excluding hydrogens is 500 g/mol. The lowest BCUT2D eigenvalue weighted by molar-refractivity contribution is -0.112. The molecule has 0 unspecified atom stereocenters. The summed E-state index contributed by atoms with van der Waals surface area (Å²) in [5.41, 5.74) is 3.63. The normalized spacial score (nSPS) is 15.4. The predicted molar refractivity (Wildman–Crippen MR) is 136 cm³/mol. The van der Waals surface area contributed by atoms with Crippen LogP contribution >= 0.6 is 27.3 Å². The van der Waals surface area contributed by atoms with E-state index in [1.807, 2.05) is 30.3 Å². The van der Waals surface area contributed by atoms with E-state index in [4.69, 9.17) is 0 Å². The quantitative estimate of drug-likeness (QED) is 0.377. The van der Waals surface area contributed by atoms with Gasteiger partial charge in [0, 0.05) is 22.1 Å². The first-order valence-corrected chi connectivity index (χ1v) is 12.1. The van der Waals surface area contributed by atoms with Crippen LogP contribution in [0.1, 0.15) is 31.9 Å². The minimum Gasteiger partial charge on any atom is -0.304 e. The van der Waals surface area contributed by atoms with Crippen molar-refractivity contribution in [1.29, 1.82) is 0 Å². The third-order valence-electron chi connectivity index (χ3n) is 5.68. The Morgan fingerprint density at radius 2 is 1.85 bits per heavy atom. The molecule has 0 atom stereocenters. The predicted octanol–water partition coefficient (Wildman–Crippen LogP) is 4.33. The summed E-state index contributed by atoms with van der Waals surface area (Å²) in [5, 5.41) is 4.46. The molecule has 0 fully saturated rings. The molecule has 0 bridgehead atoms. The summed E-state index contributed by atoms with van der Waals surface area (Å²) < 4.78 is 2.47. The van der Waals surface area contributed by atoms with Crippen molar-refractivity contribution < 1.29 is 4.79 Å². The molecule has 3 heterocycles. The molecule has 1 aliphatic heterocycles. The van der Waals surface area contributed by atoms with Crippen molar-refractivity contribution in [3.8, 4) is 11.4 Å². The standard InChI is InChI=1S/C25H21BrN4O2S/c1-5-12-29-18-11-10-16(26)13-17(18)19(22(29)31)20-23(32)30-24(33-20)27-21(28-30)14-6-8-15(9-7-14)25(2,3)4/h5-11,13H,1,12H2,2-4H3/b20-19-. The molecule has 166 valence electrons. The first-order chi connectivity index (χ1) is 15.7. The highest BCUT2D eigenvalue weighted by Crippen LogP contribution is 2.37. The van der Waals surface area contributed by atoms with Crippen molar-refractivity contribution in [2.45, 2.75) is 26.2 Å². The molecule has 0 aliphatic carbocycles. The smallest absolute Gasteiger partial charge is 0.291 e. The van der Waals surface area contributed by atoms with E-state index in [0.29, 0.717) is 27.4 Å². The SMILES string of the molecule is C=CCN1C(=O)/C(=c2\sc3nc(-c4ccc(C(C)(C)C)cc4)nn3c2=O)c2cc(Br)ccc21. The van der Waals surface area contributed by atoms with E-state index >= 15 is 0 Å². The van der Waals surface area contributed by atoms with E-state index < -0.39 is 0 Å². The summed E-state index contributed by atoms with van der Waals surface area (Å²) in [6.45, 7) is 10.6. The molecule has 33 heavy (non-hydrogen) atoms. The molecule has 0 N–H and O–H groups in total. The van der Waals surface area contributed by atoms with Crippen LogP contribution in [0.3, 0.4) is 0 Å². The van der Waals surface area contributed by atoms with Crippen molar-refractivity contribution in [3.63, 3.8) is 0 Å². The van der Waals surface area contributed by atoms with E-state index in [1.54, 1.807) is 11.0 Å². The van der Waals surface area contributed by atoms with Gasteiger partial charge in [-0.25, -0.2) is 0 Å². The Morgan fingerprint density at radius 3 is 2.48 bits per heavy atom. The van der Waals surface area contributed by atoms with E-state index in [-0.39, 0.29) is 16.9 Å². The number of hydrogen-bond acceptors (Lipinski definition) is 5. The van der Waals surface area contributed by atoms with Gasteiger partial charge in [0.2, 0.25) is 4.96 Å². The average molecular weight is 521 g/mol. The van der Waals surface area contributed by atoms with Crippen LogP contribution in [0.15, 0.2) is 64.4 Å². The highest BCUT2D eigenvalue weighted by atomic mass is 79.9. The van der Waals surface area contributed by atoms with E-state index in [2.05, 4.69) is 65.5 Å². The Bertz CT molecular complexity index is 1540. The molecule has 8 heteroatoms. The van der Waals surface area contributed by atoms with Crippen molar-refractivity contribution in [2.75, 3.05) is 11.4 Å². The van der Waals surface area contributed by atoms with Crippen LogP contribution in [0.5, 0.6) is 0 Å². The monoisotopic (exact) mass is 520 g/mol. The van der Waals surface area contributed by atoms with Crippen molar-refractivity contribution in [3.05, 3.63) is 85.6 Å². The number of thiazole rings is 1. The third kappa shape index (κ3) is 3.54. The zero-order chi connectivity index (χ0) is 23.5. The lowest BCUT2D eigenvalue weighted by Crippen LogP contribution is -2.32. The van der Waals surface area contributed by atoms with Gasteiger partial charge in [0.05, 0.1) is 11.3 Å². The summed E-state index contributed by atoms with van der Waals surface area (Å²) in [6.07, 6.45) is 1.67. The second kappa shape index (κ2) is 7.74. The Hall–Kier alpha value is -3.10. The molecule has 0 saturated carbocycles. The number of fused-ring (bicyclic) bond motifs is 2. The molecule has 1 aliphatic rings. The van der Waals surface area contributed by atoms with Crippen LogP contribution in [-0.4, -0.2) is 27.0 Å². The Morgan fingerprint density at radius 1 is 1.12 bits per heavy atom. The lowest BCUT2D eigenvalue weighted by atomic mass is 9.87. The second-order valence-electron chi connectivity index (χ2n) is 8.93. The molecule has 0 radical (unpaired) electrons. The first-order valence-electron chi connectivity index (χ1n) is 10.5. The lowest BCUT2D eigenvalue weighted by Gasteiger charge is -2.18. The fraction of sp³-hybridized carbons (Fsp3) is 0.200.